The molecule has 0 amide bonds. The van der Waals surface area contributed by atoms with Gasteiger partial charge in [0.15, 0.2) is 0 Å². The minimum Gasteiger partial charge on any atom is -0.398 e. The molecule has 0 aliphatic carbocycles. The molecule has 5 nitrogen and oxygen atoms in total. The van der Waals surface area contributed by atoms with Crippen LogP contribution in [0.3, 0.4) is 0 Å². The predicted octanol–water partition coefficient (Wildman–Crippen LogP) is 1.02. The number of aliphatic hydroxyl groups excluding tert-OH is 1. The SMILES string of the molecule is Cc1cccc(N)c1S(=O)(=O)NC(C)(C)CCO. The highest BCUT2D eigenvalue weighted by molar-refractivity contribution is 7.89. The summed E-state index contributed by atoms with van der Waals surface area (Å²) in [6, 6.07) is 4.97. The molecule has 1 aromatic carbocycles. The van der Waals surface area contributed by atoms with Crippen molar-refractivity contribution in [2.45, 2.75) is 37.6 Å². The van der Waals surface area contributed by atoms with E-state index in [-0.39, 0.29) is 17.2 Å². The fraction of sp³-hybridized carbons (Fsp3) is 0.500. The first kappa shape index (κ1) is 14.9. The van der Waals surface area contributed by atoms with Crippen molar-refractivity contribution in [1.29, 1.82) is 0 Å². The first-order chi connectivity index (χ1) is 8.19. The van der Waals surface area contributed by atoms with E-state index in [4.69, 9.17) is 10.8 Å². The lowest BCUT2D eigenvalue weighted by Crippen LogP contribution is -2.44. The molecule has 0 radical (unpaired) electrons. The second-order valence-electron chi connectivity index (χ2n) is 4.96. The molecule has 102 valence electrons. The molecule has 1 rings (SSSR count). The second-order valence-corrected chi connectivity index (χ2v) is 6.58. The lowest BCUT2D eigenvalue weighted by atomic mass is 10.0. The van der Waals surface area contributed by atoms with Gasteiger partial charge in [0.25, 0.3) is 0 Å². The topological polar surface area (TPSA) is 92.4 Å². The highest BCUT2D eigenvalue weighted by Crippen LogP contribution is 2.24. The van der Waals surface area contributed by atoms with Gasteiger partial charge in [0, 0.05) is 12.1 Å². The molecule has 0 unspecified atom stereocenters. The van der Waals surface area contributed by atoms with Gasteiger partial charge in [-0.25, -0.2) is 13.1 Å². The number of benzene rings is 1. The molecular weight excluding hydrogens is 252 g/mol. The van der Waals surface area contributed by atoms with Crippen LogP contribution in [0.25, 0.3) is 0 Å². The average molecular weight is 272 g/mol. The number of aryl methyl sites for hydroxylation is 1. The van der Waals surface area contributed by atoms with E-state index >= 15 is 0 Å². The Kier molecular flexibility index (Phi) is 4.37. The quantitative estimate of drug-likeness (QED) is 0.698. The van der Waals surface area contributed by atoms with E-state index in [0.717, 1.165) is 0 Å². The third kappa shape index (κ3) is 3.44. The van der Waals surface area contributed by atoms with E-state index in [2.05, 4.69) is 4.72 Å². The lowest BCUT2D eigenvalue weighted by molar-refractivity contribution is 0.246. The molecule has 0 aromatic heterocycles. The highest BCUT2D eigenvalue weighted by atomic mass is 32.2. The Labute approximate surface area is 108 Å². The number of nitrogens with one attached hydrogen (secondary N) is 1. The maximum Gasteiger partial charge on any atom is 0.243 e. The molecular formula is C12H20N2O3S. The molecule has 18 heavy (non-hydrogen) atoms. The third-order valence-electron chi connectivity index (χ3n) is 2.66. The van der Waals surface area contributed by atoms with Gasteiger partial charge in [-0.15, -0.1) is 0 Å². The van der Waals surface area contributed by atoms with Gasteiger partial charge in [-0.3, -0.25) is 0 Å². The van der Waals surface area contributed by atoms with Gasteiger partial charge in [-0.2, -0.15) is 0 Å². The average Bonchev–Trinajstić information content (AvgIpc) is 2.13. The molecule has 0 aliphatic rings. The first-order valence-electron chi connectivity index (χ1n) is 5.69. The molecule has 1 aromatic rings. The third-order valence-corrected chi connectivity index (χ3v) is 4.57. The Morgan fingerprint density at radius 1 is 1.39 bits per heavy atom. The van der Waals surface area contributed by atoms with E-state index in [9.17, 15) is 8.42 Å². The van der Waals surface area contributed by atoms with Crippen molar-refractivity contribution in [1.82, 2.24) is 4.72 Å². The minimum absolute atomic E-state index is 0.0845. The molecule has 0 saturated heterocycles. The Balaban J connectivity index is 3.15. The van der Waals surface area contributed by atoms with E-state index in [1.807, 2.05) is 0 Å². The van der Waals surface area contributed by atoms with E-state index in [0.29, 0.717) is 12.0 Å². The fourth-order valence-corrected chi connectivity index (χ4v) is 3.59. The van der Waals surface area contributed by atoms with Gasteiger partial charge in [0.05, 0.1) is 5.69 Å². The molecule has 6 heteroatoms. The van der Waals surface area contributed by atoms with E-state index in [1.54, 1.807) is 39.0 Å². The number of aliphatic hydroxyl groups is 1. The van der Waals surface area contributed by atoms with Crippen molar-refractivity contribution in [3.63, 3.8) is 0 Å². The van der Waals surface area contributed by atoms with Crippen molar-refractivity contribution < 1.29 is 13.5 Å². The maximum absolute atomic E-state index is 12.3. The molecule has 0 saturated carbocycles. The number of hydrogen-bond acceptors (Lipinski definition) is 4. The molecule has 0 spiro atoms. The molecule has 0 atom stereocenters. The van der Waals surface area contributed by atoms with Crippen molar-refractivity contribution >= 4 is 15.7 Å². The van der Waals surface area contributed by atoms with Gasteiger partial charge < -0.3 is 10.8 Å². The molecule has 4 N–H and O–H groups in total. The van der Waals surface area contributed by atoms with Crippen LogP contribution in [0.15, 0.2) is 23.1 Å². The number of hydrogen-bond donors (Lipinski definition) is 3. The molecule has 0 bridgehead atoms. The molecule has 0 fully saturated rings. The van der Waals surface area contributed by atoms with Crippen LogP contribution in [0.1, 0.15) is 25.8 Å². The Morgan fingerprint density at radius 2 is 2.00 bits per heavy atom. The number of nitrogen functional groups attached to an aromatic ring is 1. The summed E-state index contributed by atoms with van der Waals surface area (Å²) in [6.45, 7) is 5.05. The first-order valence-corrected chi connectivity index (χ1v) is 7.18. The summed E-state index contributed by atoms with van der Waals surface area (Å²) in [5, 5.41) is 8.92. The Hall–Kier alpha value is -1.11. The van der Waals surface area contributed by atoms with Gasteiger partial charge >= 0.3 is 0 Å². The van der Waals surface area contributed by atoms with E-state index in [1.165, 1.54) is 0 Å². The van der Waals surface area contributed by atoms with Crippen LogP contribution < -0.4 is 10.5 Å². The lowest BCUT2D eigenvalue weighted by Gasteiger charge is -2.25. The number of sulfonamides is 1. The zero-order chi connectivity index (χ0) is 14.0. The summed E-state index contributed by atoms with van der Waals surface area (Å²) < 4.78 is 27.1. The van der Waals surface area contributed by atoms with Crippen LogP contribution in [0.5, 0.6) is 0 Å². The van der Waals surface area contributed by atoms with E-state index < -0.39 is 15.6 Å². The van der Waals surface area contributed by atoms with Gasteiger partial charge in [-0.1, -0.05) is 12.1 Å². The highest BCUT2D eigenvalue weighted by Gasteiger charge is 2.28. The Bertz CT molecular complexity index is 504. The summed E-state index contributed by atoms with van der Waals surface area (Å²) >= 11 is 0. The van der Waals surface area contributed by atoms with Gasteiger partial charge in [-0.05, 0) is 38.8 Å². The van der Waals surface area contributed by atoms with Crippen LogP contribution in [-0.2, 0) is 10.0 Å². The minimum atomic E-state index is -3.69. The standard InChI is InChI=1S/C12H20N2O3S/c1-9-5-4-6-10(13)11(9)18(16,17)14-12(2,3)7-8-15/h4-6,14-15H,7-8,13H2,1-3H3. The summed E-state index contributed by atoms with van der Waals surface area (Å²) in [4.78, 5) is 0.107. The van der Waals surface area contributed by atoms with Crippen LogP contribution in [0.2, 0.25) is 0 Å². The van der Waals surface area contributed by atoms with Crippen molar-refractivity contribution in [2.75, 3.05) is 12.3 Å². The smallest absolute Gasteiger partial charge is 0.243 e. The summed E-state index contributed by atoms with van der Waals surface area (Å²) in [5.74, 6) is 0. The summed E-state index contributed by atoms with van der Waals surface area (Å²) in [5.41, 5.74) is 5.84. The molecule has 0 heterocycles. The van der Waals surface area contributed by atoms with Crippen LogP contribution in [0, 0.1) is 6.92 Å². The predicted molar refractivity (Wildman–Crippen MR) is 71.7 cm³/mol. The second kappa shape index (κ2) is 5.26. The van der Waals surface area contributed by atoms with Crippen LogP contribution in [0.4, 0.5) is 5.69 Å². The summed E-state index contributed by atoms with van der Waals surface area (Å²) in [6.07, 6.45) is 0.331. The normalized spacial score (nSPS) is 12.7. The zero-order valence-corrected chi connectivity index (χ0v) is 11.7. The number of anilines is 1. The van der Waals surface area contributed by atoms with Gasteiger partial charge in [0.2, 0.25) is 10.0 Å². The number of nitrogens with two attached hydrogens (primary N) is 1. The number of rotatable bonds is 5. The van der Waals surface area contributed by atoms with Gasteiger partial charge in [0.1, 0.15) is 4.90 Å². The zero-order valence-electron chi connectivity index (χ0n) is 10.9. The molecule has 0 aliphatic heterocycles. The van der Waals surface area contributed by atoms with Crippen LogP contribution in [-0.4, -0.2) is 25.7 Å². The largest absolute Gasteiger partial charge is 0.398 e. The maximum atomic E-state index is 12.3. The van der Waals surface area contributed by atoms with Crippen molar-refractivity contribution in [3.8, 4) is 0 Å². The van der Waals surface area contributed by atoms with Crippen molar-refractivity contribution in [2.24, 2.45) is 0 Å². The fourth-order valence-electron chi connectivity index (χ4n) is 1.79. The van der Waals surface area contributed by atoms with Crippen LogP contribution >= 0.6 is 0 Å². The van der Waals surface area contributed by atoms with Crippen molar-refractivity contribution in [3.05, 3.63) is 23.8 Å². The Morgan fingerprint density at radius 3 is 2.50 bits per heavy atom. The monoisotopic (exact) mass is 272 g/mol. The summed E-state index contributed by atoms with van der Waals surface area (Å²) in [7, 11) is -3.69.